The monoisotopic (exact) mass is 598 g/mol. The summed E-state index contributed by atoms with van der Waals surface area (Å²) in [5.74, 6) is 0.639. The molecule has 0 N–H and O–H groups in total. The Kier molecular flexibility index (Phi) is 16.8. The highest BCUT2D eigenvalue weighted by Crippen LogP contribution is 2.36. The topological polar surface area (TPSA) is 53.3 Å². The molecule has 1 fully saturated rings. The van der Waals surface area contributed by atoms with E-state index in [2.05, 4.69) is 30.0 Å². The van der Waals surface area contributed by atoms with Gasteiger partial charge in [0, 0.05) is 11.5 Å². The molecule has 0 aromatic heterocycles. The molecular formula is C36H52ClFN2O2. The van der Waals surface area contributed by atoms with E-state index in [0.29, 0.717) is 5.56 Å². The van der Waals surface area contributed by atoms with Gasteiger partial charge in [0.25, 0.3) is 0 Å². The van der Waals surface area contributed by atoms with Crippen LogP contribution in [0.15, 0.2) is 48.5 Å². The normalized spacial score (nSPS) is 15.4. The van der Waals surface area contributed by atoms with Crippen LogP contribution >= 0.6 is 12.4 Å². The van der Waals surface area contributed by atoms with Gasteiger partial charge in [-0.15, -0.1) is 12.4 Å². The average Bonchev–Trinajstić information content (AvgIpc) is 3.01. The second-order valence-electron chi connectivity index (χ2n) is 11.9. The lowest BCUT2D eigenvalue weighted by atomic mass is 9.74. The molecule has 42 heavy (non-hydrogen) atoms. The van der Waals surface area contributed by atoms with Crippen molar-refractivity contribution in [2.45, 2.75) is 109 Å². The van der Waals surface area contributed by atoms with Crippen molar-refractivity contribution in [1.82, 2.24) is 4.90 Å². The van der Waals surface area contributed by atoms with Gasteiger partial charge in [-0.1, -0.05) is 83.3 Å². The molecule has 1 atom stereocenters. The number of benzene rings is 2. The van der Waals surface area contributed by atoms with E-state index in [1.807, 2.05) is 12.1 Å². The van der Waals surface area contributed by atoms with Gasteiger partial charge >= 0.3 is 0 Å². The second kappa shape index (κ2) is 19.7. The average molecular weight is 599 g/mol. The highest BCUT2D eigenvalue weighted by Gasteiger charge is 2.32. The number of hydrogen-bond donors (Lipinski definition) is 0. The van der Waals surface area contributed by atoms with E-state index in [-0.39, 0.29) is 29.9 Å². The number of rotatable bonds is 19. The first-order valence-electron chi connectivity index (χ1n) is 16.1. The summed E-state index contributed by atoms with van der Waals surface area (Å²) >= 11 is 0. The molecule has 2 aromatic rings. The van der Waals surface area contributed by atoms with Crippen molar-refractivity contribution >= 4 is 18.2 Å². The minimum atomic E-state index is -0.483. The first kappa shape index (κ1) is 35.8. The Labute approximate surface area is 260 Å². The Morgan fingerprint density at radius 1 is 0.881 bits per heavy atom. The molecule has 4 nitrogen and oxygen atoms in total. The number of nitrogens with zero attached hydrogens (tertiary/aromatic N) is 2. The summed E-state index contributed by atoms with van der Waals surface area (Å²) in [6.45, 7) is 4.98. The van der Waals surface area contributed by atoms with Crippen LogP contribution < -0.4 is 4.74 Å². The highest BCUT2D eigenvalue weighted by atomic mass is 35.5. The van der Waals surface area contributed by atoms with Crippen molar-refractivity contribution in [3.63, 3.8) is 0 Å². The van der Waals surface area contributed by atoms with E-state index in [1.54, 1.807) is 19.2 Å². The summed E-state index contributed by atoms with van der Waals surface area (Å²) in [4.78, 5) is 15.3. The van der Waals surface area contributed by atoms with E-state index >= 15 is 0 Å². The van der Waals surface area contributed by atoms with Crippen molar-refractivity contribution in [3.05, 3.63) is 65.5 Å². The van der Waals surface area contributed by atoms with Gasteiger partial charge in [-0.2, -0.15) is 5.26 Å². The van der Waals surface area contributed by atoms with Crippen molar-refractivity contribution in [3.8, 4) is 11.8 Å². The van der Waals surface area contributed by atoms with Gasteiger partial charge < -0.3 is 9.64 Å². The van der Waals surface area contributed by atoms with Crippen LogP contribution in [-0.2, 0) is 5.41 Å². The van der Waals surface area contributed by atoms with Crippen LogP contribution in [0.4, 0.5) is 4.39 Å². The number of halogens is 2. The summed E-state index contributed by atoms with van der Waals surface area (Å²) in [7, 11) is 1.67. The molecule has 0 radical (unpaired) electrons. The summed E-state index contributed by atoms with van der Waals surface area (Å²) in [5, 5.41) is 10.5. The fourth-order valence-electron chi connectivity index (χ4n) is 6.29. The van der Waals surface area contributed by atoms with Crippen molar-refractivity contribution < 1.29 is 13.9 Å². The van der Waals surface area contributed by atoms with Gasteiger partial charge in [0.05, 0.1) is 18.6 Å². The summed E-state index contributed by atoms with van der Waals surface area (Å²) < 4.78 is 18.6. The van der Waals surface area contributed by atoms with Crippen LogP contribution in [0.2, 0.25) is 0 Å². The summed E-state index contributed by atoms with van der Waals surface area (Å²) in [6.07, 6.45) is 17.2. The second-order valence-corrected chi connectivity index (χ2v) is 11.9. The molecule has 1 aliphatic rings. The number of ether oxygens (including phenoxy) is 1. The standard InChI is InChI=1S/C36H51FN2O2.ClH/c1-3-4-5-6-7-8-9-10-11-12-24-36(29-38,32-16-20-34(41-2)21-17-32)25-13-26-39-27-22-31(23-28-39)35(40)30-14-18-33(37)19-15-30;/h14-21,31H,3-13,22-28H2,1-2H3;1H. The van der Waals surface area contributed by atoms with Crippen LogP contribution in [0, 0.1) is 23.1 Å². The third-order valence-electron chi connectivity index (χ3n) is 8.98. The van der Waals surface area contributed by atoms with Crippen molar-refractivity contribution in [1.29, 1.82) is 5.26 Å². The van der Waals surface area contributed by atoms with Gasteiger partial charge in [0.2, 0.25) is 0 Å². The number of unbranched alkanes of at least 4 members (excludes halogenated alkanes) is 9. The maximum absolute atomic E-state index is 13.2. The number of carbonyl (C=O) groups is 1. The lowest BCUT2D eigenvalue weighted by Gasteiger charge is -2.33. The molecule has 0 spiro atoms. The Morgan fingerprint density at radius 3 is 1.98 bits per heavy atom. The molecule has 2 aromatic carbocycles. The third kappa shape index (κ3) is 11.3. The zero-order valence-corrected chi connectivity index (χ0v) is 26.7. The minimum absolute atomic E-state index is 0. The molecule has 0 amide bonds. The zero-order chi connectivity index (χ0) is 29.3. The molecule has 1 saturated heterocycles. The first-order valence-corrected chi connectivity index (χ1v) is 16.1. The molecule has 0 bridgehead atoms. The van der Waals surface area contributed by atoms with Crippen molar-refractivity contribution in [2.24, 2.45) is 5.92 Å². The molecule has 232 valence electrons. The molecule has 0 saturated carbocycles. The Bertz CT molecular complexity index is 1060. The largest absolute Gasteiger partial charge is 0.497 e. The van der Waals surface area contributed by atoms with E-state index in [4.69, 9.17) is 4.74 Å². The van der Waals surface area contributed by atoms with Crippen LogP contribution in [-0.4, -0.2) is 37.4 Å². The van der Waals surface area contributed by atoms with Crippen LogP contribution in [0.5, 0.6) is 5.75 Å². The quantitative estimate of drug-likeness (QED) is 0.119. The Balaban J connectivity index is 0.00000616. The van der Waals surface area contributed by atoms with E-state index in [0.717, 1.165) is 69.5 Å². The highest BCUT2D eigenvalue weighted by molar-refractivity contribution is 5.97. The number of nitriles is 1. The number of Topliss-reactive ketones (excluding diaryl/α,β-unsaturated/α-hetero) is 1. The van der Waals surface area contributed by atoms with Gasteiger partial charge in [0.1, 0.15) is 11.6 Å². The van der Waals surface area contributed by atoms with Gasteiger partial charge in [-0.05, 0) is 93.7 Å². The molecule has 1 aliphatic heterocycles. The molecule has 3 rings (SSSR count). The predicted octanol–water partition coefficient (Wildman–Crippen LogP) is 9.70. The number of hydrogen-bond acceptors (Lipinski definition) is 4. The lowest BCUT2D eigenvalue weighted by molar-refractivity contribution is 0.0838. The van der Waals surface area contributed by atoms with Crippen molar-refractivity contribution in [2.75, 3.05) is 26.7 Å². The van der Waals surface area contributed by atoms with Crippen LogP contribution in [0.1, 0.15) is 119 Å². The van der Waals surface area contributed by atoms with Crippen LogP contribution in [0.25, 0.3) is 0 Å². The third-order valence-corrected chi connectivity index (χ3v) is 8.98. The molecule has 0 aliphatic carbocycles. The van der Waals surface area contributed by atoms with Gasteiger partial charge in [-0.3, -0.25) is 4.79 Å². The summed E-state index contributed by atoms with van der Waals surface area (Å²) in [5.41, 5.74) is 1.22. The predicted molar refractivity (Wildman–Crippen MR) is 173 cm³/mol. The maximum Gasteiger partial charge on any atom is 0.166 e. The first-order chi connectivity index (χ1) is 20.0. The Morgan fingerprint density at radius 2 is 1.43 bits per heavy atom. The lowest BCUT2D eigenvalue weighted by Crippen LogP contribution is -2.37. The minimum Gasteiger partial charge on any atom is -0.497 e. The smallest absolute Gasteiger partial charge is 0.166 e. The molecular weight excluding hydrogens is 547 g/mol. The van der Waals surface area contributed by atoms with E-state index in [9.17, 15) is 14.4 Å². The number of piperidine rings is 1. The maximum atomic E-state index is 13.2. The molecule has 6 heteroatoms. The SMILES string of the molecule is CCCCCCCCCCCCC(C#N)(CCCN1CCC(C(=O)c2ccc(F)cc2)CC1)c1ccc(OC)cc1.Cl. The number of likely N-dealkylation sites (tertiary alicyclic amines) is 1. The molecule has 1 heterocycles. The zero-order valence-electron chi connectivity index (χ0n) is 25.9. The number of methoxy groups -OCH3 is 1. The fourth-order valence-corrected chi connectivity index (χ4v) is 6.29. The number of carbonyl (C=O) groups excluding carboxylic acids is 1. The fraction of sp³-hybridized carbons (Fsp3) is 0.611. The van der Waals surface area contributed by atoms with E-state index < -0.39 is 5.41 Å². The summed E-state index contributed by atoms with van der Waals surface area (Å²) in [6, 6.07) is 16.8. The molecule has 1 unspecified atom stereocenters. The van der Waals surface area contributed by atoms with E-state index in [1.165, 1.54) is 69.9 Å². The van der Waals surface area contributed by atoms with Gasteiger partial charge in [-0.25, -0.2) is 4.39 Å². The van der Waals surface area contributed by atoms with Gasteiger partial charge in [0.15, 0.2) is 5.78 Å². The number of ketones is 1. The van der Waals surface area contributed by atoms with Crippen LogP contribution in [0.3, 0.4) is 0 Å². The Hall–Kier alpha value is -2.42.